The highest BCUT2D eigenvalue weighted by Crippen LogP contribution is 2.22. The molecule has 0 aliphatic carbocycles. The Hall–Kier alpha value is -1.59. The second kappa shape index (κ2) is 8.00. The number of carboxylic acid groups (broad SMARTS) is 1. The Morgan fingerprint density at radius 1 is 1.43 bits per heavy atom. The molecule has 0 fully saturated rings. The van der Waals surface area contributed by atoms with E-state index >= 15 is 0 Å². The molecule has 21 heavy (non-hydrogen) atoms. The Bertz CT molecular complexity index is 520. The van der Waals surface area contributed by atoms with Crippen molar-refractivity contribution >= 4 is 29.2 Å². The second-order valence-electron chi connectivity index (χ2n) is 5.10. The average Bonchev–Trinajstić information content (AvgIpc) is 2.40. The zero-order valence-corrected chi connectivity index (χ0v) is 13.3. The van der Waals surface area contributed by atoms with Gasteiger partial charge in [-0.05, 0) is 31.2 Å². The lowest BCUT2D eigenvalue weighted by atomic mass is 10.1. The van der Waals surface area contributed by atoms with Gasteiger partial charge in [0.2, 0.25) is 5.91 Å². The molecule has 116 valence electrons. The third-order valence-electron chi connectivity index (χ3n) is 3.17. The summed E-state index contributed by atoms with van der Waals surface area (Å²) in [5.74, 6) is -1.59. The van der Waals surface area contributed by atoms with E-state index in [1.807, 2.05) is 19.9 Å². The fraction of sp³-hybridized carbons (Fsp3) is 0.467. The molecule has 1 aromatic carbocycles. The number of carbonyl (C=O) groups is 2. The lowest BCUT2D eigenvalue weighted by Crippen LogP contribution is -2.37. The van der Waals surface area contributed by atoms with Gasteiger partial charge in [-0.1, -0.05) is 31.5 Å². The van der Waals surface area contributed by atoms with Crippen LogP contribution in [-0.2, 0) is 9.59 Å². The predicted octanol–water partition coefficient (Wildman–Crippen LogP) is 2.63. The number of benzene rings is 1. The van der Waals surface area contributed by atoms with Crippen molar-refractivity contribution in [1.82, 2.24) is 4.90 Å². The standard InChI is InChI=1S/C15H21ClN2O3/c1-4-18(8-11(3)15(20)21)9-14(19)17-13-6-5-10(2)7-12(13)16/h5-7,11H,4,8-9H2,1-3H3,(H,17,19)(H,20,21). The molecule has 0 heterocycles. The maximum atomic E-state index is 12.0. The summed E-state index contributed by atoms with van der Waals surface area (Å²) in [6, 6.07) is 5.40. The quantitative estimate of drug-likeness (QED) is 0.812. The minimum absolute atomic E-state index is 0.137. The van der Waals surface area contributed by atoms with Gasteiger partial charge in [-0.25, -0.2) is 0 Å². The van der Waals surface area contributed by atoms with Gasteiger partial charge < -0.3 is 10.4 Å². The lowest BCUT2D eigenvalue weighted by Gasteiger charge is -2.22. The molecular weight excluding hydrogens is 292 g/mol. The van der Waals surface area contributed by atoms with Crippen LogP contribution in [0.2, 0.25) is 5.02 Å². The van der Waals surface area contributed by atoms with E-state index in [0.717, 1.165) is 5.56 Å². The average molecular weight is 313 g/mol. The van der Waals surface area contributed by atoms with E-state index in [1.165, 1.54) is 0 Å². The van der Waals surface area contributed by atoms with Crippen molar-refractivity contribution in [1.29, 1.82) is 0 Å². The molecule has 0 radical (unpaired) electrons. The van der Waals surface area contributed by atoms with E-state index < -0.39 is 11.9 Å². The Morgan fingerprint density at radius 3 is 2.62 bits per heavy atom. The Labute approximate surface area is 129 Å². The molecule has 1 amide bonds. The summed E-state index contributed by atoms with van der Waals surface area (Å²) < 4.78 is 0. The molecule has 1 rings (SSSR count). The summed E-state index contributed by atoms with van der Waals surface area (Å²) in [6.07, 6.45) is 0. The summed E-state index contributed by atoms with van der Waals surface area (Å²) in [4.78, 5) is 24.7. The molecule has 0 bridgehead atoms. The van der Waals surface area contributed by atoms with Crippen molar-refractivity contribution in [2.24, 2.45) is 5.92 Å². The van der Waals surface area contributed by atoms with Gasteiger partial charge in [0, 0.05) is 6.54 Å². The summed E-state index contributed by atoms with van der Waals surface area (Å²) in [5.41, 5.74) is 1.58. The van der Waals surface area contributed by atoms with Crippen LogP contribution in [0, 0.1) is 12.8 Å². The molecule has 6 heteroatoms. The first-order valence-electron chi connectivity index (χ1n) is 6.84. The molecule has 0 saturated carbocycles. The van der Waals surface area contributed by atoms with Crippen molar-refractivity contribution < 1.29 is 14.7 Å². The number of aliphatic carboxylic acids is 1. The second-order valence-corrected chi connectivity index (χ2v) is 5.51. The van der Waals surface area contributed by atoms with Gasteiger partial charge in [-0.2, -0.15) is 0 Å². The molecule has 1 atom stereocenters. The minimum Gasteiger partial charge on any atom is -0.481 e. The number of hydrogen-bond acceptors (Lipinski definition) is 3. The Kier molecular flexibility index (Phi) is 6.65. The molecule has 0 spiro atoms. The first kappa shape index (κ1) is 17.5. The van der Waals surface area contributed by atoms with E-state index in [4.69, 9.17) is 16.7 Å². The van der Waals surface area contributed by atoms with Crippen LogP contribution >= 0.6 is 11.6 Å². The van der Waals surface area contributed by atoms with Gasteiger partial charge in [0.15, 0.2) is 0 Å². The zero-order chi connectivity index (χ0) is 16.0. The fourth-order valence-corrected chi connectivity index (χ4v) is 2.17. The fourth-order valence-electron chi connectivity index (χ4n) is 1.89. The van der Waals surface area contributed by atoms with Crippen LogP contribution in [0.4, 0.5) is 5.69 Å². The number of amides is 1. The highest BCUT2D eigenvalue weighted by atomic mass is 35.5. The van der Waals surface area contributed by atoms with Crippen molar-refractivity contribution in [3.8, 4) is 0 Å². The third-order valence-corrected chi connectivity index (χ3v) is 3.48. The van der Waals surface area contributed by atoms with Gasteiger partial charge in [0.05, 0.1) is 23.2 Å². The first-order valence-corrected chi connectivity index (χ1v) is 7.22. The third kappa shape index (κ3) is 5.73. The number of hydrogen-bond donors (Lipinski definition) is 2. The monoisotopic (exact) mass is 312 g/mol. The SMILES string of the molecule is CCN(CC(=O)Nc1ccc(C)cc1Cl)CC(C)C(=O)O. The van der Waals surface area contributed by atoms with E-state index in [9.17, 15) is 9.59 Å². The highest BCUT2D eigenvalue weighted by molar-refractivity contribution is 6.33. The maximum absolute atomic E-state index is 12.0. The molecular formula is C15H21ClN2O3. The van der Waals surface area contributed by atoms with Crippen LogP contribution in [0.1, 0.15) is 19.4 Å². The number of nitrogens with one attached hydrogen (secondary N) is 1. The van der Waals surface area contributed by atoms with Crippen molar-refractivity contribution in [2.45, 2.75) is 20.8 Å². The van der Waals surface area contributed by atoms with Gasteiger partial charge >= 0.3 is 5.97 Å². The van der Waals surface area contributed by atoms with Crippen LogP contribution in [0.15, 0.2) is 18.2 Å². The number of anilines is 1. The molecule has 0 aliphatic heterocycles. The molecule has 1 unspecified atom stereocenters. The first-order chi connectivity index (χ1) is 9.83. The minimum atomic E-state index is -0.865. The summed E-state index contributed by atoms with van der Waals surface area (Å²) in [5, 5.41) is 12.1. The maximum Gasteiger partial charge on any atom is 0.307 e. The number of carboxylic acids is 1. The van der Waals surface area contributed by atoms with Crippen LogP contribution in [-0.4, -0.2) is 41.5 Å². The predicted molar refractivity (Wildman–Crippen MR) is 83.7 cm³/mol. The smallest absolute Gasteiger partial charge is 0.307 e. The Balaban J connectivity index is 2.60. The van der Waals surface area contributed by atoms with Crippen LogP contribution in [0.25, 0.3) is 0 Å². The van der Waals surface area contributed by atoms with Gasteiger partial charge in [0.25, 0.3) is 0 Å². The van der Waals surface area contributed by atoms with E-state index in [2.05, 4.69) is 5.32 Å². The van der Waals surface area contributed by atoms with E-state index in [0.29, 0.717) is 23.8 Å². The normalized spacial score (nSPS) is 12.2. The largest absolute Gasteiger partial charge is 0.481 e. The molecule has 5 nitrogen and oxygen atoms in total. The molecule has 0 aromatic heterocycles. The van der Waals surface area contributed by atoms with Gasteiger partial charge in [-0.15, -0.1) is 0 Å². The van der Waals surface area contributed by atoms with Crippen molar-refractivity contribution in [3.63, 3.8) is 0 Å². The molecule has 1 aromatic rings. The van der Waals surface area contributed by atoms with E-state index in [1.54, 1.807) is 24.0 Å². The van der Waals surface area contributed by atoms with Crippen molar-refractivity contribution in [2.75, 3.05) is 25.0 Å². The number of carbonyl (C=O) groups excluding carboxylic acids is 1. The highest BCUT2D eigenvalue weighted by Gasteiger charge is 2.17. The van der Waals surface area contributed by atoms with Crippen LogP contribution in [0.5, 0.6) is 0 Å². The Morgan fingerprint density at radius 2 is 2.10 bits per heavy atom. The number of likely N-dealkylation sites (N-methyl/N-ethyl adjacent to an activating group) is 1. The molecule has 0 saturated heterocycles. The van der Waals surface area contributed by atoms with E-state index in [-0.39, 0.29) is 12.5 Å². The van der Waals surface area contributed by atoms with Gasteiger partial charge in [0.1, 0.15) is 0 Å². The lowest BCUT2D eigenvalue weighted by molar-refractivity contribution is -0.142. The number of rotatable bonds is 7. The topological polar surface area (TPSA) is 69.6 Å². The molecule has 2 N–H and O–H groups in total. The zero-order valence-electron chi connectivity index (χ0n) is 12.5. The number of nitrogens with zero attached hydrogens (tertiary/aromatic N) is 1. The number of halogens is 1. The summed E-state index contributed by atoms with van der Waals surface area (Å²) in [7, 11) is 0. The van der Waals surface area contributed by atoms with Crippen LogP contribution in [0.3, 0.4) is 0 Å². The summed E-state index contributed by atoms with van der Waals surface area (Å²) >= 11 is 6.06. The molecule has 0 aliphatic rings. The van der Waals surface area contributed by atoms with Gasteiger partial charge in [-0.3, -0.25) is 14.5 Å². The summed E-state index contributed by atoms with van der Waals surface area (Å²) in [6.45, 7) is 6.51. The van der Waals surface area contributed by atoms with Crippen LogP contribution < -0.4 is 5.32 Å². The van der Waals surface area contributed by atoms with Crippen molar-refractivity contribution in [3.05, 3.63) is 28.8 Å². The number of aryl methyl sites for hydroxylation is 1.